The number of aromatic nitrogens is 4. The Kier molecular flexibility index (Phi) is 6.27. The van der Waals surface area contributed by atoms with Gasteiger partial charge in [-0.25, -0.2) is 4.98 Å². The van der Waals surface area contributed by atoms with E-state index in [0.717, 1.165) is 71.7 Å². The van der Waals surface area contributed by atoms with Gasteiger partial charge in [0.15, 0.2) is 0 Å². The van der Waals surface area contributed by atoms with Crippen molar-refractivity contribution in [1.29, 1.82) is 0 Å². The van der Waals surface area contributed by atoms with Crippen LogP contribution >= 0.6 is 0 Å². The van der Waals surface area contributed by atoms with E-state index in [1.165, 1.54) is 27.1 Å². The number of furan rings is 1. The Bertz CT molecular complexity index is 3500. The van der Waals surface area contributed by atoms with Crippen molar-refractivity contribution in [2.45, 2.75) is 0 Å². The Morgan fingerprint density at radius 3 is 1.75 bits per heavy atom. The predicted octanol–water partition coefficient (Wildman–Crippen LogP) is 13.1. The minimum atomic E-state index is 0.561. The molecule has 0 unspecified atom stereocenters. The van der Waals surface area contributed by atoms with Crippen molar-refractivity contribution >= 4 is 76.5 Å². The van der Waals surface area contributed by atoms with Crippen LogP contribution in [-0.2, 0) is 0 Å². The third-order valence-electron chi connectivity index (χ3n) is 11.1. The maximum atomic E-state index is 6.51. The first-order valence-electron chi connectivity index (χ1n) is 18.6. The molecular formula is C50H30N4O. The van der Waals surface area contributed by atoms with Crippen LogP contribution in [0.5, 0.6) is 0 Å². The van der Waals surface area contributed by atoms with Gasteiger partial charge in [-0.2, -0.15) is 4.98 Å². The zero-order valence-electron chi connectivity index (χ0n) is 29.5. The lowest BCUT2D eigenvalue weighted by atomic mass is 9.99. The highest BCUT2D eigenvalue weighted by Gasteiger charge is 2.24. The highest BCUT2D eigenvalue weighted by atomic mass is 16.3. The van der Waals surface area contributed by atoms with E-state index in [0.29, 0.717) is 11.7 Å². The van der Waals surface area contributed by atoms with Crippen LogP contribution in [-0.4, -0.2) is 19.1 Å². The second kappa shape index (κ2) is 11.5. The van der Waals surface area contributed by atoms with Crippen molar-refractivity contribution < 1.29 is 4.42 Å². The molecule has 0 N–H and O–H groups in total. The molecule has 0 aliphatic rings. The molecule has 4 aromatic heterocycles. The first-order chi connectivity index (χ1) is 27.3. The van der Waals surface area contributed by atoms with E-state index in [4.69, 9.17) is 14.4 Å². The zero-order chi connectivity index (χ0) is 36.0. The maximum absolute atomic E-state index is 6.51. The molecule has 256 valence electrons. The van der Waals surface area contributed by atoms with Gasteiger partial charge < -0.3 is 8.98 Å². The molecule has 12 aromatic rings. The summed E-state index contributed by atoms with van der Waals surface area (Å²) < 4.78 is 11.2. The summed E-state index contributed by atoms with van der Waals surface area (Å²) in [5.41, 5.74) is 10.9. The Morgan fingerprint density at radius 1 is 0.418 bits per heavy atom. The summed E-state index contributed by atoms with van der Waals surface area (Å²) in [7, 11) is 0. The minimum absolute atomic E-state index is 0.561. The highest BCUT2D eigenvalue weighted by molar-refractivity contribution is 6.19. The summed E-state index contributed by atoms with van der Waals surface area (Å²) in [5, 5.41) is 9.02. The van der Waals surface area contributed by atoms with Crippen LogP contribution in [0, 0.1) is 0 Å². The van der Waals surface area contributed by atoms with Crippen molar-refractivity contribution in [1.82, 2.24) is 19.1 Å². The fourth-order valence-corrected chi connectivity index (χ4v) is 8.78. The molecule has 4 heterocycles. The monoisotopic (exact) mass is 702 g/mol. The molecule has 0 aliphatic carbocycles. The van der Waals surface area contributed by atoms with Gasteiger partial charge in [0, 0.05) is 49.3 Å². The SMILES string of the molecule is c1ccc(-c2nc(-n3c4ccccc4c4cccc(-c5cccc6c7ccccc7n(-c7ccc8ccccc8c7)c56)c43)nc3oc4ccccc4c23)cc1. The number of hydrogen-bond donors (Lipinski definition) is 0. The van der Waals surface area contributed by atoms with E-state index >= 15 is 0 Å². The molecule has 0 fully saturated rings. The van der Waals surface area contributed by atoms with Crippen LogP contribution in [0.4, 0.5) is 0 Å². The van der Waals surface area contributed by atoms with E-state index in [-0.39, 0.29) is 0 Å². The second-order valence-electron chi connectivity index (χ2n) is 14.2. The number of para-hydroxylation sites is 5. The zero-order valence-corrected chi connectivity index (χ0v) is 29.5. The smallest absolute Gasteiger partial charge is 0.238 e. The van der Waals surface area contributed by atoms with Gasteiger partial charge in [-0.3, -0.25) is 4.57 Å². The summed E-state index contributed by atoms with van der Waals surface area (Å²) >= 11 is 0. The van der Waals surface area contributed by atoms with Crippen LogP contribution in [0.2, 0.25) is 0 Å². The number of rotatable bonds is 4. The minimum Gasteiger partial charge on any atom is -0.437 e. The van der Waals surface area contributed by atoms with E-state index in [2.05, 4.69) is 167 Å². The van der Waals surface area contributed by atoms with Gasteiger partial charge in [0.05, 0.1) is 33.1 Å². The number of fused-ring (bicyclic) bond motifs is 10. The summed E-state index contributed by atoms with van der Waals surface area (Å²) in [5.74, 6) is 0.561. The van der Waals surface area contributed by atoms with Crippen molar-refractivity contribution in [2.24, 2.45) is 0 Å². The molecule has 0 atom stereocenters. The van der Waals surface area contributed by atoms with Gasteiger partial charge in [0.2, 0.25) is 11.7 Å². The molecule has 8 aromatic carbocycles. The van der Waals surface area contributed by atoms with Crippen LogP contribution < -0.4 is 0 Å². The van der Waals surface area contributed by atoms with Gasteiger partial charge in [0.25, 0.3) is 0 Å². The normalized spacial score (nSPS) is 12.0. The molecule has 0 saturated carbocycles. The van der Waals surface area contributed by atoms with Crippen molar-refractivity contribution in [2.75, 3.05) is 0 Å². The fourth-order valence-electron chi connectivity index (χ4n) is 8.78. The third kappa shape index (κ3) is 4.35. The summed E-state index contributed by atoms with van der Waals surface area (Å²) in [6.07, 6.45) is 0. The number of nitrogens with zero attached hydrogens (tertiary/aromatic N) is 4. The van der Waals surface area contributed by atoms with Crippen molar-refractivity contribution in [3.05, 3.63) is 182 Å². The molecular weight excluding hydrogens is 673 g/mol. The standard InChI is InChI=1S/C50H30N4O/c1-2-15-32(16-3-1)46-45-41-20-8-11-27-44(41)55-49(45)52-50(51-46)54-43-26-10-7-19-36(43)38-22-13-24-40(48(38)54)39-23-12-21-37-35-18-6-9-25-42(35)53(47(37)39)34-29-28-31-14-4-5-17-33(31)30-34/h1-30H. The van der Waals surface area contributed by atoms with Crippen LogP contribution in [0.3, 0.4) is 0 Å². The summed E-state index contributed by atoms with van der Waals surface area (Å²) in [6.45, 7) is 0. The Hall–Kier alpha value is -7.50. The average molecular weight is 703 g/mol. The predicted molar refractivity (Wildman–Crippen MR) is 226 cm³/mol. The van der Waals surface area contributed by atoms with Crippen molar-refractivity contribution in [3.63, 3.8) is 0 Å². The lowest BCUT2D eigenvalue weighted by Gasteiger charge is -2.15. The topological polar surface area (TPSA) is 48.8 Å². The molecule has 0 spiro atoms. The van der Waals surface area contributed by atoms with Crippen molar-refractivity contribution in [3.8, 4) is 34.0 Å². The fraction of sp³-hybridized carbons (Fsp3) is 0. The van der Waals surface area contributed by atoms with Crippen LogP contribution in [0.25, 0.3) is 110 Å². The molecule has 0 amide bonds. The molecule has 5 heteroatoms. The van der Waals surface area contributed by atoms with Gasteiger partial charge in [-0.1, -0.05) is 152 Å². The van der Waals surface area contributed by atoms with E-state index < -0.39 is 0 Å². The summed E-state index contributed by atoms with van der Waals surface area (Å²) in [4.78, 5) is 10.7. The largest absolute Gasteiger partial charge is 0.437 e. The Morgan fingerprint density at radius 2 is 1.00 bits per heavy atom. The first kappa shape index (κ1) is 30.0. The lowest BCUT2D eigenvalue weighted by Crippen LogP contribution is -2.04. The van der Waals surface area contributed by atoms with Crippen LogP contribution in [0.15, 0.2) is 186 Å². The highest BCUT2D eigenvalue weighted by Crippen LogP contribution is 2.44. The Balaban J connectivity index is 1.21. The molecule has 0 radical (unpaired) electrons. The molecule has 0 saturated heterocycles. The lowest BCUT2D eigenvalue weighted by molar-refractivity contribution is 0.651. The van der Waals surface area contributed by atoms with Crippen LogP contribution in [0.1, 0.15) is 0 Å². The van der Waals surface area contributed by atoms with Gasteiger partial charge in [0.1, 0.15) is 5.58 Å². The van der Waals surface area contributed by atoms with Gasteiger partial charge in [-0.05, 0) is 41.1 Å². The molecule has 55 heavy (non-hydrogen) atoms. The number of hydrogen-bond acceptors (Lipinski definition) is 3. The first-order valence-corrected chi connectivity index (χ1v) is 18.6. The number of benzene rings is 8. The van der Waals surface area contributed by atoms with Gasteiger partial charge >= 0.3 is 0 Å². The molecule has 0 bridgehead atoms. The molecule has 12 rings (SSSR count). The second-order valence-corrected chi connectivity index (χ2v) is 14.2. The molecule has 5 nitrogen and oxygen atoms in total. The van der Waals surface area contributed by atoms with E-state index in [1.54, 1.807) is 0 Å². The van der Waals surface area contributed by atoms with Gasteiger partial charge in [-0.15, -0.1) is 0 Å². The average Bonchev–Trinajstić information content (AvgIpc) is 3.91. The molecule has 0 aliphatic heterocycles. The quantitative estimate of drug-likeness (QED) is 0.183. The van der Waals surface area contributed by atoms with E-state index in [9.17, 15) is 0 Å². The maximum Gasteiger partial charge on any atom is 0.238 e. The third-order valence-corrected chi connectivity index (χ3v) is 11.1. The summed E-state index contributed by atoms with van der Waals surface area (Å²) in [6, 6.07) is 64.4. The Labute approximate surface area is 315 Å². The van der Waals surface area contributed by atoms with E-state index in [1.807, 2.05) is 24.3 Å².